The van der Waals surface area contributed by atoms with E-state index in [0.29, 0.717) is 17.9 Å². The van der Waals surface area contributed by atoms with E-state index < -0.39 is 11.6 Å². The molecule has 0 fully saturated rings. The number of hydrogen-bond donors (Lipinski definition) is 1. The second-order valence-corrected chi connectivity index (χ2v) is 5.52. The predicted octanol–water partition coefficient (Wildman–Crippen LogP) is 4.72. The Morgan fingerprint density at radius 2 is 1.62 bits per heavy atom. The molecule has 2 N–H and O–H groups in total. The van der Waals surface area contributed by atoms with E-state index in [9.17, 15) is 8.78 Å². The minimum atomic E-state index is -0.567. The Morgan fingerprint density at radius 1 is 1.00 bits per heavy atom. The fourth-order valence-electron chi connectivity index (χ4n) is 2.35. The Bertz CT molecular complexity index is 593. The van der Waals surface area contributed by atoms with Gasteiger partial charge in [0.05, 0.1) is 0 Å². The van der Waals surface area contributed by atoms with E-state index in [1.165, 1.54) is 17.7 Å². The van der Waals surface area contributed by atoms with Crippen molar-refractivity contribution < 1.29 is 8.78 Å². The lowest BCUT2D eigenvalue weighted by atomic mass is 9.94. The summed E-state index contributed by atoms with van der Waals surface area (Å²) in [4.78, 5) is 0. The maximum atomic E-state index is 13.6. The highest BCUT2D eigenvalue weighted by molar-refractivity contribution is 5.29. The first-order valence-corrected chi connectivity index (χ1v) is 7.30. The summed E-state index contributed by atoms with van der Waals surface area (Å²) >= 11 is 0. The van der Waals surface area contributed by atoms with E-state index in [0.717, 1.165) is 18.1 Å². The van der Waals surface area contributed by atoms with Gasteiger partial charge in [-0.3, -0.25) is 0 Å². The van der Waals surface area contributed by atoms with Crippen LogP contribution in [-0.2, 0) is 6.42 Å². The number of benzene rings is 2. The molecule has 0 bridgehead atoms. The van der Waals surface area contributed by atoms with Gasteiger partial charge in [0.25, 0.3) is 0 Å². The highest BCUT2D eigenvalue weighted by Crippen LogP contribution is 2.23. The minimum absolute atomic E-state index is 0.295. The second kappa shape index (κ2) is 6.81. The van der Waals surface area contributed by atoms with Crippen molar-refractivity contribution in [3.05, 3.63) is 70.8 Å². The molecule has 0 spiro atoms. The van der Waals surface area contributed by atoms with Crippen LogP contribution in [0, 0.1) is 11.6 Å². The molecule has 2 aromatic carbocycles. The van der Waals surface area contributed by atoms with Crippen molar-refractivity contribution in [2.75, 3.05) is 0 Å². The Kier molecular flexibility index (Phi) is 5.07. The zero-order valence-electron chi connectivity index (χ0n) is 12.4. The maximum absolute atomic E-state index is 13.6. The van der Waals surface area contributed by atoms with E-state index in [4.69, 9.17) is 5.73 Å². The van der Waals surface area contributed by atoms with Crippen LogP contribution in [0.25, 0.3) is 0 Å². The first-order chi connectivity index (χ1) is 10.0. The highest BCUT2D eigenvalue weighted by atomic mass is 19.1. The van der Waals surface area contributed by atoms with E-state index in [1.807, 2.05) is 12.1 Å². The van der Waals surface area contributed by atoms with Gasteiger partial charge < -0.3 is 5.73 Å². The smallest absolute Gasteiger partial charge is 0.129 e. The van der Waals surface area contributed by atoms with Crippen LogP contribution in [0.5, 0.6) is 0 Å². The van der Waals surface area contributed by atoms with Crippen LogP contribution in [0.1, 0.15) is 48.9 Å². The Morgan fingerprint density at radius 3 is 2.19 bits per heavy atom. The maximum Gasteiger partial charge on any atom is 0.129 e. The van der Waals surface area contributed by atoms with Gasteiger partial charge in [-0.15, -0.1) is 0 Å². The van der Waals surface area contributed by atoms with Crippen LogP contribution in [0.15, 0.2) is 42.5 Å². The largest absolute Gasteiger partial charge is 0.324 e. The van der Waals surface area contributed by atoms with Gasteiger partial charge in [0, 0.05) is 12.1 Å². The minimum Gasteiger partial charge on any atom is -0.324 e. The molecule has 0 aliphatic rings. The van der Waals surface area contributed by atoms with Crippen molar-refractivity contribution in [3.63, 3.8) is 0 Å². The molecule has 0 aliphatic carbocycles. The van der Waals surface area contributed by atoms with Crippen LogP contribution in [0.2, 0.25) is 0 Å². The molecule has 0 amide bonds. The van der Waals surface area contributed by atoms with Crippen LogP contribution >= 0.6 is 0 Å². The predicted molar refractivity (Wildman–Crippen MR) is 82.1 cm³/mol. The fourth-order valence-corrected chi connectivity index (χ4v) is 2.35. The normalized spacial score (nSPS) is 14.0. The first kappa shape index (κ1) is 15.6. The van der Waals surface area contributed by atoms with Crippen molar-refractivity contribution >= 4 is 0 Å². The van der Waals surface area contributed by atoms with E-state index >= 15 is 0 Å². The molecule has 0 aromatic heterocycles. The highest BCUT2D eigenvalue weighted by Gasteiger charge is 2.12. The lowest BCUT2D eigenvalue weighted by Crippen LogP contribution is -2.14. The zero-order chi connectivity index (χ0) is 15.4. The number of rotatable bonds is 5. The van der Waals surface area contributed by atoms with E-state index in [-0.39, 0.29) is 6.04 Å². The van der Waals surface area contributed by atoms with Crippen LogP contribution in [0.3, 0.4) is 0 Å². The first-order valence-electron chi connectivity index (χ1n) is 7.30. The second-order valence-electron chi connectivity index (χ2n) is 5.52. The summed E-state index contributed by atoms with van der Waals surface area (Å²) in [6.45, 7) is 4.34. The number of halogens is 2. The third-order valence-corrected chi connectivity index (χ3v) is 4.00. The van der Waals surface area contributed by atoms with Gasteiger partial charge in [0.15, 0.2) is 0 Å². The van der Waals surface area contributed by atoms with Gasteiger partial charge in [-0.1, -0.05) is 44.2 Å². The Labute approximate surface area is 124 Å². The molecule has 0 saturated heterocycles. The van der Waals surface area contributed by atoms with Crippen molar-refractivity contribution in [2.45, 2.75) is 38.6 Å². The van der Waals surface area contributed by atoms with Crippen LogP contribution < -0.4 is 5.73 Å². The van der Waals surface area contributed by atoms with Gasteiger partial charge in [0.2, 0.25) is 0 Å². The van der Waals surface area contributed by atoms with Gasteiger partial charge >= 0.3 is 0 Å². The van der Waals surface area contributed by atoms with Crippen LogP contribution in [0.4, 0.5) is 8.78 Å². The Balaban J connectivity index is 2.11. The molecule has 0 saturated carbocycles. The SMILES string of the molecule is CCC(C)c1ccc(C(N)Cc2ccc(F)cc2F)cc1. The summed E-state index contributed by atoms with van der Waals surface area (Å²) in [5.74, 6) is -0.589. The molecule has 2 aromatic rings. The number of hydrogen-bond acceptors (Lipinski definition) is 1. The molecule has 2 atom stereocenters. The summed E-state index contributed by atoms with van der Waals surface area (Å²) in [6, 6.07) is 11.5. The van der Waals surface area contributed by atoms with Crippen molar-refractivity contribution in [3.8, 4) is 0 Å². The standard InChI is InChI=1S/C18H21F2N/c1-3-12(2)13-4-6-14(7-5-13)18(21)10-15-8-9-16(19)11-17(15)20/h4-9,11-12,18H,3,10,21H2,1-2H3. The van der Waals surface area contributed by atoms with Crippen molar-refractivity contribution in [1.29, 1.82) is 0 Å². The number of nitrogens with two attached hydrogens (primary N) is 1. The summed E-state index contributed by atoms with van der Waals surface area (Å²) in [7, 11) is 0. The molecule has 1 nitrogen and oxygen atoms in total. The fraction of sp³-hybridized carbons (Fsp3) is 0.333. The van der Waals surface area contributed by atoms with Gasteiger partial charge in [0.1, 0.15) is 11.6 Å². The molecule has 112 valence electrons. The lowest BCUT2D eigenvalue weighted by Gasteiger charge is -2.15. The average molecular weight is 289 g/mol. The summed E-state index contributed by atoms with van der Waals surface area (Å²) in [5.41, 5.74) is 8.81. The molecule has 21 heavy (non-hydrogen) atoms. The zero-order valence-corrected chi connectivity index (χ0v) is 12.4. The molecule has 2 rings (SSSR count). The summed E-state index contributed by atoms with van der Waals surface area (Å²) in [6.07, 6.45) is 1.45. The quantitative estimate of drug-likeness (QED) is 0.846. The molecular weight excluding hydrogens is 268 g/mol. The lowest BCUT2D eigenvalue weighted by molar-refractivity contribution is 0.563. The van der Waals surface area contributed by atoms with Crippen molar-refractivity contribution in [2.24, 2.45) is 5.73 Å². The molecular formula is C18H21F2N. The van der Waals surface area contributed by atoms with E-state index in [1.54, 1.807) is 0 Å². The molecule has 0 radical (unpaired) electrons. The van der Waals surface area contributed by atoms with Gasteiger partial charge in [-0.25, -0.2) is 8.78 Å². The molecule has 0 heterocycles. The third-order valence-electron chi connectivity index (χ3n) is 4.00. The van der Waals surface area contributed by atoms with Gasteiger partial charge in [-0.05, 0) is 41.5 Å². The molecule has 0 aliphatic heterocycles. The molecule has 2 unspecified atom stereocenters. The summed E-state index contributed by atoms with van der Waals surface area (Å²) in [5, 5.41) is 0. The van der Waals surface area contributed by atoms with Gasteiger partial charge in [-0.2, -0.15) is 0 Å². The topological polar surface area (TPSA) is 26.0 Å². The van der Waals surface area contributed by atoms with Crippen LogP contribution in [-0.4, -0.2) is 0 Å². The monoisotopic (exact) mass is 289 g/mol. The molecule has 3 heteroatoms. The average Bonchev–Trinajstić information content (AvgIpc) is 2.49. The Hall–Kier alpha value is -1.74. The summed E-state index contributed by atoms with van der Waals surface area (Å²) < 4.78 is 26.5. The van der Waals surface area contributed by atoms with Crippen molar-refractivity contribution in [1.82, 2.24) is 0 Å². The van der Waals surface area contributed by atoms with E-state index in [2.05, 4.69) is 26.0 Å². The third kappa shape index (κ3) is 3.88.